The number of rotatable bonds is 5. The number of hydrogen-bond acceptors (Lipinski definition) is 4. The molecule has 0 aliphatic heterocycles. The van der Waals surface area contributed by atoms with E-state index in [1.807, 2.05) is 42.8 Å². The molecule has 0 spiro atoms. The summed E-state index contributed by atoms with van der Waals surface area (Å²) < 4.78 is 6.98. The van der Waals surface area contributed by atoms with Gasteiger partial charge in [-0.2, -0.15) is 5.10 Å². The van der Waals surface area contributed by atoms with Crippen LogP contribution in [0.3, 0.4) is 0 Å². The number of aliphatic hydroxyl groups excluding tert-OH is 1. The van der Waals surface area contributed by atoms with Gasteiger partial charge in [0.15, 0.2) is 0 Å². The van der Waals surface area contributed by atoms with E-state index >= 15 is 0 Å². The van der Waals surface area contributed by atoms with Crippen LogP contribution in [0, 0.1) is 0 Å². The summed E-state index contributed by atoms with van der Waals surface area (Å²) in [6.07, 6.45) is 1.34. The lowest BCUT2D eigenvalue weighted by Gasteiger charge is -2.14. The quantitative estimate of drug-likeness (QED) is 0.895. The van der Waals surface area contributed by atoms with Gasteiger partial charge in [0.25, 0.3) is 0 Å². The third-order valence-corrected chi connectivity index (χ3v) is 2.99. The normalized spacial score (nSPS) is 12.7. The number of aliphatic hydroxyl groups is 1. The van der Waals surface area contributed by atoms with Crippen LogP contribution in [-0.4, -0.2) is 27.0 Å². The molecule has 0 aliphatic carbocycles. The van der Waals surface area contributed by atoms with Gasteiger partial charge in [-0.3, -0.25) is 0 Å². The molecule has 1 unspecified atom stereocenters. The van der Waals surface area contributed by atoms with Crippen molar-refractivity contribution in [3.63, 3.8) is 0 Å². The fraction of sp³-hybridized carbons (Fsp3) is 0.429. The Morgan fingerprint density at radius 1 is 1.37 bits per heavy atom. The zero-order chi connectivity index (χ0) is 13.8. The second-order valence-corrected chi connectivity index (χ2v) is 4.71. The monoisotopic (exact) mass is 261 g/mol. The maximum Gasteiger partial charge on any atom is 0.138 e. The number of aromatic nitrogens is 3. The smallest absolute Gasteiger partial charge is 0.138 e. The van der Waals surface area contributed by atoms with Crippen LogP contribution in [0.5, 0.6) is 5.75 Å². The molecule has 1 aromatic heterocycles. The topological polar surface area (TPSA) is 60.2 Å². The van der Waals surface area contributed by atoms with Crippen molar-refractivity contribution < 1.29 is 9.84 Å². The zero-order valence-electron chi connectivity index (χ0n) is 11.4. The molecule has 102 valence electrons. The van der Waals surface area contributed by atoms with E-state index in [0.29, 0.717) is 6.42 Å². The summed E-state index contributed by atoms with van der Waals surface area (Å²) in [5.41, 5.74) is 0.817. The van der Waals surface area contributed by atoms with Crippen molar-refractivity contribution in [3.8, 4) is 5.75 Å². The summed E-state index contributed by atoms with van der Waals surface area (Å²) >= 11 is 0. The van der Waals surface area contributed by atoms with Crippen LogP contribution in [-0.2, 0) is 6.42 Å². The average Bonchev–Trinajstić information content (AvgIpc) is 2.87. The van der Waals surface area contributed by atoms with Crippen molar-refractivity contribution in [1.82, 2.24) is 14.8 Å². The number of benzene rings is 1. The minimum Gasteiger partial charge on any atom is -0.497 e. The average molecular weight is 261 g/mol. The summed E-state index contributed by atoms with van der Waals surface area (Å²) in [6.45, 7) is 4.08. The molecule has 1 atom stereocenters. The van der Waals surface area contributed by atoms with Crippen molar-refractivity contribution >= 4 is 0 Å². The molecule has 5 heteroatoms. The summed E-state index contributed by atoms with van der Waals surface area (Å²) in [4.78, 5) is 4.21. The van der Waals surface area contributed by atoms with Crippen LogP contribution < -0.4 is 4.74 Å². The van der Waals surface area contributed by atoms with Crippen LogP contribution in [0.2, 0.25) is 0 Å². The third kappa shape index (κ3) is 3.12. The Morgan fingerprint density at radius 2 is 2.16 bits per heavy atom. The van der Waals surface area contributed by atoms with Gasteiger partial charge in [0.05, 0.1) is 13.2 Å². The van der Waals surface area contributed by atoms with E-state index in [1.54, 1.807) is 7.11 Å². The maximum atomic E-state index is 10.3. The van der Waals surface area contributed by atoms with Crippen LogP contribution in [0.1, 0.15) is 37.4 Å². The molecule has 1 aromatic carbocycles. The van der Waals surface area contributed by atoms with Gasteiger partial charge in [0, 0.05) is 12.5 Å². The van der Waals surface area contributed by atoms with Gasteiger partial charge in [0.1, 0.15) is 17.9 Å². The van der Waals surface area contributed by atoms with Crippen molar-refractivity contribution in [2.45, 2.75) is 32.4 Å². The highest BCUT2D eigenvalue weighted by molar-refractivity contribution is 5.30. The molecular formula is C14H19N3O2. The van der Waals surface area contributed by atoms with E-state index in [1.165, 1.54) is 6.33 Å². The highest BCUT2D eigenvalue weighted by Gasteiger charge is 2.15. The Bertz CT molecular complexity index is 537. The van der Waals surface area contributed by atoms with Crippen LogP contribution in [0.15, 0.2) is 30.6 Å². The molecule has 2 rings (SSSR count). The molecule has 0 saturated heterocycles. The Labute approximate surface area is 112 Å². The molecule has 1 heterocycles. The number of hydrogen-bond donors (Lipinski definition) is 1. The van der Waals surface area contributed by atoms with E-state index in [4.69, 9.17) is 4.74 Å². The fourth-order valence-corrected chi connectivity index (χ4v) is 1.99. The third-order valence-electron chi connectivity index (χ3n) is 2.99. The minimum atomic E-state index is -0.614. The van der Waals surface area contributed by atoms with E-state index in [9.17, 15) is 5.11 Å². The van der Waals surface area contributed by atoms with Gasteiger partial charge in [-0.15, -0.1) is 0 Å². The second-order valence-electron chi connectivity index (χ2n) is 4.71. The van der Waals surface area contributed by atoms with Crippen molar-refractivity contribution in [2.24, 2.45) is 0 Å². The molecule has 1 N–H and O–H groups in total. The lowest BCUT2D eigenvalue weighted by molar-refractivity contribution is 0.173. The fourth-order valence-electron chi connectivity index (χ4n) is 1.99. The van der Waals surface area contributed by atoms with Gasteiger partial charge in [-0.1, -0.05) is 12.1 Å². The van der Waals surface area contributed by atoms with Gasteiger partial charge in [-0.05, 0) is 31.5 Å². The summed E-state index contributed by atoms with van der Waals surface area (Å²) in [6, 6.07) is 7.66. The van der Waals surface area contributed by atoms with E-state index in [-0.39, 0.29) is 6.04 Å². The SMILES string of the molecule is COc1cccc(C(O)Cc2ncnn2C(C)C)c1. The first-order chi connectivity index (χ1) is 9.11. The maximum absolute atomic E-state index is 10.3. The first-order valence-corrected chi connectivity index (χ1v) is 6.32. The van der Waals surface area contributed by atoms with Crippen molar-refractivity contribution in [3.05, 3.63) is 42.0 Å². The first-order valence-electron chi connectivity index (χ1n) is 6.32. The lowest BCUT2D eigenvalue weighted by atomic mass is 10.1. The molecule has 5 nitrogen and oxygen atoms in total. The summed E-state index contributed by atoms with van der Waals surface area (Å²) in [5, 5.41) is 14.4. The molecule has 0 saturated carbocycles. The van der Waals surface area contributed by atoms with E-state index in [2.05, 4.69) is 10.1 Å². The van der Waals surface area contributed by atoms with Crippen molar-refractivity contribution in [1.29, 1.82) is 0 Å². The molecular weight excluding hydrogens is 242 g/mol. The standard InChI is InChI=1S/C14H19N3O2/c1-10(2)17-14(15-9-16-17)8-13(18)11-5-4-6-12(7-11)19-3/h4-7,9-10,13,18H,8H2,1-3H3. The first kappa shape index (κ1) is 13.5. The Kier molecular flexibility index (Phi) is 4.16. The second kappa shape index (κ2) is 5.84. The molecule has 0 fully saturated rings. The van der Waals surface area contributed by atoms with Crippen LogP contribution >= 0.6 is 0 Å². The Morgan fingerprint density at radius 3 is 2.84 bits per heavy atom. The predicted molar refractivity (Wildman–Crippen MR) is 72.1 cm³/mol. The Hall–Kier alpha value is -1.88. The minimum absolute atomic E-state index is 0.231. The number of ether oxygens (including phenoxy) is 1. The largest absolute Gasteiger partial charge is 0.497 e. The summed E-state index contributed by atoms with van der Waals surface area (Å²) in [5.74, 6) is 1.52. The van der Waals surface area contributed by atoms with Gasteiger partial charge >= 0.3 is 0 Å². The van der Waals surface area contributed by atoms with Crippen molar-refractivity contribution in [2.75, 3.05) is 7.11 Å². The highest BCUT2D eigenvalue weighted by Crippen LogP contribution is 2.22. The zero-order valence-corrected chi connectivity index (χ0v) is 11.4. The molecule has 0 bridgehead atoms. The van der Waals surface area contributed by atoms with Crippen LogP contribution in [0.4, 0.5) is 0 Å². The van der Waals surface area contributed by atoms with Gasteiger partial charge in [-0.25, -0.2) is 9.67 Å². The summed E-state index contributed by atoms with van der Waals surface area (Å²) in [7, 11) is 1.61. The van der Waals surface area contributed by atoms with Gasteiger partial charge in [0.2, 0.25) is 0 Å². The van der Waals surface area contributed by atoms with Gasteiger partial charge < -0.3 is 9.84 Å². The Balaban J connectivity index is 2.16. The van der Waals surface area contributed by atoms with E-state index < -0.39 is 6.10 Å². The van der Waals surface area contributed by atoms with E-state index in [0.717, 1.165) is 17.1 Å². The van der Waals surface area contributed by atoms with Crippen LogP contribution in [0.25, 0.3) is 0 Å². The molecule has 19 heavy (non-hydrogen) atoms. The molecule has 0 aliphatic rings. The number of nitrogens with zero attached hydrogens (tertiary/aromatic N) is 3. The molecule has 0 radical (unpaired) electrons. The predicted octanol–water partition coefficient (Wildman–Crippen LogP) is 2.14. The highest BCUT2D eigenvalue weighted by atomic mass is 16.5. The number of methoxy groups -OCH3 is 1. The molecule has 2 aromatic rings. The molecule has 0 amide bonds. The lowest BCUT2D eigenvalue weighted by Crippen LogP contribution is -2.12.